The van der Waals surface area contributed by atoms with Crippen molar-refractivity contribution in [1.29, 1.82) is 0 Å². The van der Waals surface area contributed by atoms with Gasteiger partial charge in [0.2, 0.25) is 0 Å². The molecule has 7 heteroatoms. The number of carbonyl (C=O) groups is 1. The van der Waals surface area contributed by atoms with Crippen molar-refractivity contribution in [2.45, 2.75) is 31.5 Å². The van der Waals surface area contributed by atoms with Crippen molar-refractivity contribution in [1.82, 2.24) is 9.55 Å². The van der Waals surface area contributed by atoms with Crippen LogP contribution in [0.15, 0.2) is 17.3 Å². The minimum absolute atomic E-state index is 0.0550. The number of carboxylic acids is 1. The molecule has 1 aliphatic carbocycles. The van der Waals surface area contributed by atoms with Crippen LogP contribution in [0.2, 0.25) is 5.02 Å². The SMILES string of the molecule is CC1(Cn2c(SCC(=O)O)nc3cc(F)c(Cl)cc32)CC1. The van der Waals surface area contributed by atoms with Crippen LogP contribution in [0.3, 0.4) is 0 Å². The smallest absolute Gasteiger partial charge is 0.313 e. The number of rotatable bonds is 5. The number of carboxylic acid groups (broad SMARTS) is 1. The van der Waals surface area contributed by atoms with Crippen molar-refractivity contribution in [3.05, 3.63) is 23.0 Å². The fourth-order valence-electron chi connectivity index (χ4n) is 2.24. The molecule has 0 amide bonds. The van der Waals surface area contributed by atoms with Gasteiger partial charge in [0.05, 0.1) is 21.8 Å². The van der Waals surface area contributed by atoms with Crippen LogP contribution in [0.4, 0.5) is 4.39 Å². The lowest BCUT2D eigenvalue weighted by Gasteiger charge is -2.13. The Bertz CT molecular complexity index is 727. The molecule has 0 spiro atoms. The first kappa shape index (κ1) is 14.7. The lowest BCUT2D eigenvalue weighted by atomic mass is 10.1. The predicted octanol–water partition coefficient (Wildman–Crippen LogP) is 3.81. The number of aromatic nitrogens is 2. The molecule has 1 aliphatic rings. The molecular formula is C14H14ClFN2O2S. The van der Waals surface area contributed by atoms with Crippen molar-refractivity contribution in [2.75, 3.05) is 5.75 Å². The van der Waals surface area contributed by atoms with Gasteiger partial charge in [-0.05, 0) is 24.3 Å². The molecule has 0 atom stereocenters. The molecule has 21 heavy (non-hydrogen) atoms. The maximum absolute atomic E-state index is 13.6. The first-order valence-electron chi connectivity index (χ1n) is 6.58. The second kappa shape index (κ2) is 5.18. The fraction of sp³-hybridized carbons (Fsp3) is 0.429. The second-order valence-electron chi connectivity index (χ2n) is 5.73. The van der Waals surface area contributed by atoms with Gasteiger partial charge < -0.3 is 9.67 Å². The number of hydrogen-bond acceptors (Lipinski definition) is 3. The number of imidazole rings is 1. The van der Waals surface area contributed by atoms with E-state index in [-0.39, 0.29) is 16.2 Å². The number of hydrogen-bond donors (Lipinski definition) is 1. The van der Waals surface area contributed by atoms with Crippen LogP contribution in [-0.4, -0.2) is 26.4 Å². The van der Waals surface area contributed by atoms with Gasteiger partial charge in [-0.1, -0.05) is 30.3 Å². The van der Waals surface area contributed by atoms with Crippen molar-refractivity contribution < 1.29 is 14.3 Å². The number of fused-ring (bicyclic) bond motifs is 1. The largest absolute Gasteiger partial charge is 0.481 e. The zero-order valence-corrected chi connectivity index (χ0v) is 13.0. The molecule has 1 saturated carbocycles. The summed E-state index contributed by atoms with van der Waals surface area (Å²) in [7, 11) is 0. The number of benzene rings is 1. The molecular weight excluding hydrogens is 315 g/mol. The molecule has 1 fully saturated rings. The van der Waals surface area contributed by atoms with Gasteiger partial charge >= 0.3 is 5.97 Å². The van der Waals surface area contributed by atoms with E-state index in [0.29, 0.717) is 10.7 Å². The highest BCUT2D eigenvalue weighted by Gasteiger charge is 2.38. The Morgan fingerprint density at radius 1 is 1.57 bits per heavy atom. The molecule has 0 unspecified atom stereocenters. The summed E-state index contributed by atoms with van der Waals surface area (Å²) in [6.07, 6.45) is 2.26. The monoisotopic (exact) mass is 328 g/mol. The molecule has 2 aromatic rings. The predicted molar refractivity (Wildman–Crippen MR) is 80.4 cm³/mol. The summed E-state index contributed by atoms with van der Waals surface area (Å²) >= 11 is 7.01. The van der Waals surface area contributed by atoms with Gasteiger partial charge in [0.1, 0.15) is 5.82 Å². The van der Waals surface area contributed by atoms with E-state index in [0.717, 1.165) is 36.7 Å². The summed E-state index contributed by atoms with van der Waals surface area (Å²) in [6, 6.07) is 2.87. The third kappa shape index (κ3) is 3.01. The van der Waals surface area contributed by atoms with Crippen molar-refractivity contribution in [2.24, 2.45) is 5.41 Å². The second-order valence-corrected chi connectivity index (χ2v) is 7.08. The van der Waals surface area contributed by atoms with E-state index >= 15 is 0 Å². The van der Waals surface area contributed by atoms with Crippen molar-refractivity contribution in [3.8, 4) is 0 Å². The normalized spacial score (nSPS) is 16.3. The molecule has 1 N–H and O–H groups in total. The van der Waals surface area contributed by atoms with Gasteiger partial charge in [-0.15, -0.1) is 0 Å². The first-order valence-corrected chi connectivity index (χ1v) is 7.94. The van der Waals surface area contributed by atoms with E-state index in [9.17, 15) is 9.18 Å². The van der Waals surface area contributed by atoms with Crippen LogP contribution < -0.4 is 0 Å². The quantitative estimate of drug-likeness (QED) is 0.848. The summed E-state index contributed by atoms with van der Waals surface area (Å²) < 4.78 is 15.5. The Kier molecular flexibility index (Phi) is 3.61. The molecule has 3 rings (SSSR count). The fourth-order valence-corrected chi connectivity index (χ4v) is 3.13. The van der Waals surface area contributed by atoms with Gasteiger partial charge in [0, 0.05) is 12.6 Å². The molecule has 0 aliphatic heterocycles. The Morgan fingerprint density at radius 2 is 2.29 bits per heavy atom. The van der Waals surface area contributed by atoms with E-state index in [1.54, 1.807) is 6.07 Å². The molecule has 1 aromatic carbocycles. The Labute approximate surface area is 130 Å². The van der Waals surface area contributed by atoms with Crippen LogP contribution in [0.25, 0.3) is 11.0 Å². The summed E-state index contributed by atoms with van der Waals surface area (Å²) in [4.78, 5) is 15.1. The Morgan fingerprint density at radius 3 is 2.90 bits per heavy atom. The summed E-state index contributed by atoms with van der Waals surface area (Å²) in [6.45, 7) is 2.92. The third-order valence-electron chi connectivity index (χ3n) is 3.72. The summed E-state index contributed by atoms with van der Waals surface area (Å²) in [5, 5.41) is 9.49. The lowest BCUT2D eigenvalue weighted by molar-refractivity contribution is -0.133. The minimum atomic E-state index is -0.902. The van der Waals surface area contributed by atoms with Crippen LogP contribution in [0.1, 0.15) is 19.8 Å². The van der Waals surface area contributed by atoms with Gasteiger partial charge in [0.15, 0.2) is 5.16 Å². The molecule has 1 aromatic heterocycles. The average Bonchev–Trinajstić information content (AvgIpc) is 3.05. The Hall–Kier alpha value is -1.27. The highest BCUT2D eigenvalue weighted by atomic mass is 35.5. The van der Waals surface area contributed by atoms with Crippen LogP contribution >= 0.6 is 23.4 Å². The zero-order valence-electron chi connectivity index (χ0n) is 11.4. The van der Waals surface area contributed by atoms with Crippen LogP contribution in [-0.2, 0) is 11.3 Å². The number of aliphatic carboxylic acids is 1. The van der Waals surface area contributed by atoms with Crippen LogP contribution in [0.5, 0.6) is 0 Å². The average molecular weight is 329 g/mol. The maximum atomic E-state index is 13.6. The number of thioether (sulfide) groups is 1. The molecule has 0 bridgehead atoms. The third-order valence-corrected chi connectivity index (χ3v) is 4.97. The minimum Gasteiger partial charge on any atom is -0.481 e. The molecule has 0 radical (unpaired) electrons. The number of nitrogens with zero attached hydrogens (tertiary/aromatic N) is 2. The van der Waals surface area contributed by atoms with Gasteiger partial charge in [-0.25, -0.2) is 9.37 Å². The number of halogens is 2. The lowest BCUT2D eigenvalue weighted by Crippen LogP contribution is -2.10. The van der Waals surface area contributed by atoms with Gasteiger partial charge in [0.25, 0.3) is 0 Å². The molecule has 1 heterocycles. The van der Waals surface area contributed by atoms with E-state index in [2.05, 4.69) is 11.9 Å². The first-order chi connectivity index (χ1) is 9.88. The highest BCUT2D eigenvalue weighted by Crippen LogP contribution is 2.47. The van der Waals surface area contributed by atoms with Crippen molar-refractivity contribution in [3.63, 3.8) is 0 Å². The van der Waals surface area contributed by atoms with Crippen LogP contribution in [0, 0.1) is 11.2 Å². The molecule has 112 valence electrons. The topological polar surface area (TPSA) is 55.1 Å². The standard InChI is InChI=1S/C14H14ClFN2O2S/c1-14(2-3-14)7-18-11-4-8(15)9(16)5-10(11)17-13(18)21-6-12(19)20/h4-5H,2-3,6-7H2,1H3,(H,19,20). The van der Waals surface area contributed by atoms with E-state index in [4.69, 9.17) is 16.7 Å². The zero-order chi connectivity index (χ0) is 15.2. The molecule has 0 saturated heterocycles. The van der Waals surface area contributed by atoms with E-state index < -0.39 is 11.8 Å². The van der Waals surface area contributed by atoms with Crippen molar-refractivity contribution >= 4 is 40.4 Å². The summed E-state index contributed by atoms with van der Waals surface area (Å²) in [5.41, 5.74) is 1.48. The highest BCUT2D eigenvalue weighted by molar-refractivity contribution is 7.99. The Balaban J connectivity index is 2.06. The maximum Gasteiger partial charge on any atom is 0.313 e. The van der Waals surface area contributed by atoms with Gasteiger partial charge in [-0.2, -0.15) is 0 Å². The molecule has 4 nitrogen and oxygen atoms in total. The van der Waals surface area contributed by atoms with E-state index in [1.165, 1.54) is 6.07 Å². The van der Waals surface area contributed by atoms with E-state index in [1.807, 2.05) is 4.57 Å². The summed E-state index contributed by atoms with van der Waals surface area (Å²) in [5.74, 6) is -1.49. The van der Waals surface area contributed by atoms with Gasteiger partial charge in [-0.3, -0.25) is 4.79 Å².